The fourth-order valence-electron chi connectivity index (χ4n) is 4.35. The summed E-state index contributed by atoms with van der Waals surface area (Å²) in [6.45, 7) is 16.4. The molecule has 1 atom stereocenters. The number of benzene rings is 1. The molecule has 0 unspecified atom stereocenters. The molecule has 1 amide bonds. The highest BCUT2D eigenvalue weighted by molar-refractivity contribution is 5.68. The molecule has 0 N–H and O–H groups in total. The summed E-state index contributed by atoms with van der Waals surface area (Å²) in [5.41, 5.74) is 1.13. The van der Waals surface area contributed by atoms with E-state index < -0.39 is 5.60 Å². The number of amides is 1. The van der Waals surface area contributed by atoms with Crippen LogP contribution in [0.15, 0.2) is 30.3 Å². The fraction of sp³-hybridized carbons (Fsp3) is 0.696. The van der Waals surface area contributed by atoms with Gasteiger partial charge in [-0.05, 0) is 53.0 Å². The molecule has 0 saturated carbocycles. The van der Waals surface area contributed by atoms with Crippen molar-refractivity contribution in [2.75, 3.05) is 32.7 Å². The molecular formula is C23H37N3O2. The summed E-state index contributed by atoms with van der Waals surface area (Å²) in [6.07, 6.45) is 1.85. The van der Waals surface area contributed by atoms with Gasteiger partial charge < -0.3 is 9.64 Å². The zero-order valence-electron chi connectivity index (χ0n) is 18.3. The first-order valence-corrected chi connectivity index (χ1v) is 10.7. The van der Waals surface area contributed by atoms with Crippen molar-refractivity contribution in [2.45, 2.75) is 71.2 Å². The second-order valence-electron chi connectivity index (χ2n) is 9.72. The summed E-state index contributed by atoms with van der Waals surface area (Å²) in [5.74, 6) is 0. The molecule has 0 aromatic heterocycles. The molecular weight excluding hydrogens is 350 g/mol. The van der Waals surface area contributed by atoms with Gasteiger partial charge >= 0.3 is 6.09 Å². The summed E-state index contributed by atoms with van der Waals surface area (Å²) in [7, 11) is 0. The molecule has 5 heteroatoms. The predicted molar refractivity (Wildman–Crippen MR) is 113 cm³/mol. The van der Waals surface area contributed by atoms with Gasteiger partial charge in [0.1, 0.15) is 5.60 Å². The standard InChI is InChI=1S/C23H37N3O2/c1-19-17-26(16-15-25(19)18-20-9-7-6-8-10-20)23(5)11-13-24(14-12-23)21(27)28-22(2,3)4/h6-10,19H,11-18H2,1-5H3/t19-/m0/s1. The van der Waals surface area contributed by atoms with E-state index in [1.807, 2.05) is 25.7 Å². The third kappa shape index (κ3) is 5.26. The lowest BCUT2D eigenvalue weighted by molar-refractivity contribution is -0.0294. The Morgan fingerprint density at radius 2 is 1.75 bits per heavy atom. The molecule has 2 fully saturated rings. The lowest BCUT2D eigenvalue weighted by Gasteiger charge is -2.51. The van der Waals surface area contributed by atoms with Crippen LogP contribution in [-0.4, -0.2) is 70.7 Å². The third-order valence-corrected chi connectivity index (χ3v) is 6.25. The molecule has 156 valence electrons. The van der Waals surface area contributed by atoms with Crippen LogP contribution in [0.4, 0.5) is 4.79 Å². The van der Waals surface area contributed by atoms with Gasteiger partial charge in [0, 0.05) is 50.8 Å². The topological polar surface area (TPSA) is 36.0 Å². The molecule has 5 nitrogen and oxygen atoms in total. The van der Waals surface area contributed by atoms with Gasteiger partial charge in [-0.3, -0.25) is 9.80 Å². The van der Waals surface area contributed by atoms with Crippen LogP contribution in [0, 0.1) is 0 Å². The van der Waals surface area contributed by atoms with Crippen LogP contribution in [0.1, 0.15) is 53.0 Å². The smallest absolute Gasteiger partial charge is 0.410 e. The van der Waals surface area contributed by atoms with Gasteiger partial charge in [0.15, 0.2) is 0 Å². The first-order valence-electron chi connectivity index (χ1n) is 10.7. The first kappa shape index (κ1) is 21.1. The highest BCUT2D eigenvalue weighted by Crippen LogP contribution is 2.31. The normalized spacial score (nSPS) is 24.2. The highest BCUT2D eigenvalue weighted by atomic mass is 16.6. The van der Waals surface area contributed by atoms with Crippen LogP contribution < -0.4 is 0 Å². The molecule has 0 bridgehead atoms. The number of nitrogens with zero attached hydrogens (tertiary/aromatic N) is 3. The molecule has 2 heterocycles. The Morgan fingerprint density at radius 1 is 1.11 bits per heavy atom. The van der Waals surface area contributed by atoms with Crippen molar-refractivity contribution in [2.24, 2.45) is 0 Å². The van der Waals surface area contributed by atoms with Crippen LogP contribution in [0.25, 0.3) is 0 Å². The number of carbonyl (C=O) groups is 1. The van der Waals surface area contributed by atoms with Crippen LogP contribution in [-0.2, 0) is 11.3 Å². The summed E-state index contributed by atoms with van der Waals surface area (Å²) in [5, 5.41) is 0. The van der Waals surface area contributed by atoms with Gasteiger partial charge in [0.05, 0.1) is 0 Å². The quantitative estimate of drug-likeness (QED) is 0.786. The number of carbonyl (C=O) groups excluding carboxylic acids is 1. The van der Waals surface area contributed by atoms with Crippen LogP contribution >= 0.6 is 0 Å². The van der Waals surface area contributed by atoms with E-state index >= 15 is 0 Å². The average molecular weight is 388 g/mol. The number of piperidine rings is 1. The lowest BCUT2D eigenvalue weighted by Crippen LogP contribution is -2.62. The molecule has 2 aliphatic rings. The minimum Gasteiger partial charge on any atom is -0.444 e. The Morgan fingerprint density at radius 3 is 2.32 bits per heavy atom. The van der Waals surface area contributed by atoms with Crippen molar-refractivity contribution in [1.82, 2.24) is 14.7 Å². The number of ether oxygens (including phenoxy) is 1. The molecule has 1 aromatic rings. The maximum Gasteiger partial charge on any atom is 0.410 e. The zero-order valence-corrected chi connectivity index (χ0v) is 18.3. The van der Waals surface area contributed by atoms with Crippen molar-refractivity contribution in [3.63, 3.8) is 0 Å². The highest BCUT2D eigenvalue weighted by Gasteiger charge is 2.40. The minimum atomic E-state index is -0.428. The van der Waals surface area contributed by atoms with Gasteiger partial charge in [-0.2, -0.15) is 0 Å². The summed E-state index contributed by atoms with van der Waals surface area (Å²) >= 11 is 0. The zero-order chi connectivity index (χ0) is 20.4. The van der Waals surface area contributed by atoms with E-state index in [1.165, 1.54) is 5.56 Å². The largest absolute Gasteiger partial charge is 0.444 e. The van der Waals surface area contributed by atoms with E-state index in [-0.39, 0.29) is 11.6 Å². The van der Waals surface area contributed by atoms with E-state index in [4.69, 9.17) is 4.74 Å². The molecule has 0 spiro atoms. The van der Waals surface area contributed by atoms with Gasteiger partial charge in [-0.1, -0.05) is 30.3 Å². The molecule has 2 aliphatic heterocycles. The van der Waals surface area contributed by atoms with E-state index in [2.05, 4.69) is 54.0 Å². The molecule has 0 radical (unpaired) electrons. The maximum atomic E-state index is 12.4. The first-order chi connectivity index (χ1) is 13.2. The van der Waals surface area contributed by atoms with Crippen LogP contribution in [0.5, 0.6) is 0 Å². The van der Waals surface area contributed by atoms with Crippen molar-refractivity contribution in [3.8, 4) is 0 Å². The molecule has 2 saturated heterocycles. The SMILES string of the molecule is C[C@H]1CN(C2(C)CCN(C(=O)OC(C)(C)C)CC2)CCN1Cc1ccccc1. The fourth-order valence-corrected chi connectivity index (χ4v) is 4.35. The Kier molecular flexibility index (Phi) is 6.35. The number of piperazine rings is 1. The monoisotopic (exact) mass is 387 g/mol. The van der Waals surface area contributed by atoms with Crippen LogP contribution in [0.2, 0.25) is 0 Å². The minimum absolute atomic E-state index is 0.171. The number of rotatable bonds is 3. The van der Waals surface area contributed by atoms with Gasteiger partial charge in [-0.15, -0.1) is 0 Å². The number of hydrogen-bond donors (Lipinski definition) is 0. The second kappa shape index (κ2) is 8.42. The van der Waals surface area contributed by atoms with Crippen molar-refractivity contribution >= 4 is 6.09 Å². The van der Waals surface area contributed by atoms with Crippen molar-refractivity contribution in [3.05, 3.63) is 35.9 Å². The Bertz CT molecular complexity index is 648. The van der Waals surface area contributed by atoms with Gasteiger partial charge in [-0.25, -0.2) is 4.79 Å². The van der Waals surface area contributed by atoms with Crippen molar-refractivity contribution in [1.29, 1.82) is 0 Å². The van der Waals surface area contributed by atoms with E-state index in [9.17, 15) is 4.79 Å². The van der Waals surface area contributed by atoms with E-state index in [1.54, 1.807) is 0 Å². The average Bonchev–Trinajstić information content (AvgIpc) is 2.63. The number of hydrogen-bond acceptors (Lipinski definition) is 4. The third-order valence-electron chi connectivity index (χ3n) is 6.25. The predicted octanol–water partition coefficient (Wildman–Crippen LogP) is 3.98. The van der Waals surface area contributed by atoms with Gasteiger partial charge in [0.25, 0.3) is 0 Å². The summed E-state index contributed by atoms with van der Waals surface area (Å²) in [6, 6.07) is 11.3. The Labute approximate surface area is 170 Å². The molecule has 3 rings (SSSR count). The lowest BCUT2D eigenvalue weighted by atomic mass is 9.86. The maximum absolute atomic E-state index is 12.4. The summed E-state index contributed by atoms with van der Waals surface area (Å²) in [4.78, 5) is 19.5. The van der Waals surface area contributed by atoms with Gasteiger partial charge in [0.2, 0.25) is 0 Å². The second-order valence-corrected chi connectivity index (χ2v) is 9.72. The molecule has 0 aliphatic carbocycles. The van der Waals surface area contributed by atoms with E-state index in [0.717, 1.165) is 52.1 Å². The Balaban J connectivity index is 1.52. The summed E-state index contributed by atoms with van der Waals surface area (Å²) < 4.78 is 5.55. The van der Waals surface area contributed by atoms with E-state index in [0.29, 0.717) is 6.04 Å². The molecule has 28 heavy (non-hydrogen) atoms. The van der Waals surface area contributed by atoms with Crippen molar-refractivity contribution < 1.29 is 9.53 Å². The number of likely N-dealkylation sites (tertiary alicyclic amines) is 1. The van der Waals surface area contributed by atoms with Crippen LogP contribution in [0.3, 0.4) is 0 Å². The Hall–Kier alpha value is -1.59. The molecule has 1 aromatic carbocycles.